The van der Waals surface area contributed by atoms with Crippen LogP contribution in [0.25, 0.3) is 0 Å². The minimum atomic E-state index is -0.0960. The Kier molecular flexibility index (Phi) is 5.23. The highest BCUT2D eigenvalue weighted by Crippen LogP contribution is 2.41. The predicted molar refractivity (Wildman–Crippen MR) is 84.4 cm³/mol. The summed E-state index contributed by atoms with van der Waals surface area (Å²) >= 11 is 0. The highest BCUT2D eigenvalue weighted by Gasteiger charge is 2.36. The van der Waals surface area contributed by atoms with Gasteiger partial charge < -0.3 is 15.8 Å². The zero-order valence-corrected chi connectivity index (χ0v) is 13.0. The Balaban J connectivity index is 2.11. The Morgan fingerprint density at radius 2 is 2.14 bits per heavy atom. The largest absolute Gasteiger partial charge is 0.497 e. The first-order valence-corrected chi connectivity index (χ1v) is 7.72. The van der Waals surface area contributed by atoms with Gasteiger partial charge in [0.15, 0.2) is 0 Å². The maximum Gasteiger partial charge on any atom is 0.221 e. The van der Waals surface area contributed by atoms with Crippen LogP contribution in [0.5, 0.6) is 5.75 Å². The van der Waals surface area contributed by atoms with Gasteiger partial charge in [0, 0.05) is 24.4 Å². The quantitative estimate of drug-likeness (QED) is 0.845. The number of hydrogen-bond donors (Lipinski definition) is 2. The van der Waals surface area contributed by atoms with E-state index in [1.165, 1.54) is 18.4 Å². The molecule has 4 heteroatoms. The summed E-state index contributed by atoms with van der Waals surface area (Å²) in [5.74, 6) is 0.917. The number of methoxy groups -OCH3 is 1. The summed E-state index contributed by atoms with van der Waals surface area (Å²) < 4.78 is 5.33. The minimum absolute atomic E-state index is 0.0409. The van der Waals surface area contributed by atoms with Gasteiger partial charge in [-0.15, -0.1) is 0 Å². The van der Waals surface area contributed by atoms with Gasteiger partial charge in [-0.25, -0.2) is 0 Å². The van der Waals surface area contributed by atoms with E-state index in [-0.39, 0.29) is 17.4 Å². The molecule has 0 aromatic heterocycles. The van der Waals surface area contributed by atoms with Crippen LogP contribution < -0.4 is 15.8 Å². The molecule has 0 bridgehead atoms. The van der Waals surface area contributed by atoms with Gasteiger partial charge in [0.2, 0.25) is 5.91 Å². The number of hydrogen-bond acceptors (Lipinski definition) is 3. The second kappa shape index (κ2) is 6.94. The summed E-state index contributed by atoms with van der Waals surface area (Å²) in [6.07, 6.45) is 5.02. The number of carbonyl (C=O) groups is 1. The lowest BCUT2D eigenvalue weighted by Crippen LogP contribution is -2.40. The van der Waals surface area contributed by atoms with Crippen molar-refractivity contribution in [2.24, 2.45) is 5.73 Å². The lowest BCUT2D eigenvalue weighted by atomic mass is 9.78. The molecular formula is C17H26N2O2. The smallest absolute Gasteiger partial charge is 0.221 e. The van der Waals surface area contributed by atoms with E-state index in [4.69, 9.17) is 10.5 Å². The van der Waals surface area contributed by atoms with Gasteiger partial charge in [-0.05, 0) is 37.5 Å². The van der Waals surface area contributed by atoms with E-state index in [2.05, 4.69) is 17.4 Å². The fourth-order valence-electron chi connectivity index (χ4n) is 3.20. The molecule has 0 saturated heterocycles. The van der Waals surface area contributed by atoms with E-state index >= 15 is 0 Å². The number of rotatable bonds is 6. The third-order valence-corrected chi connectivity index (χ3v) is 4.37. The van der Waals surface area contributed by atoms with Crippen LogP contribution in [-0.4, -0.2) is 25.6 Å². The van der Waals surface area contributed by atoms with Crippen LogP contribution in [0.3, 0.4) is 0 Å². The topological polar surface area (TPSA) is 64.3 Å². The molecule has 0 spiro atoms. The van der Waals surface area contributed by atoms with Crippen molar-refractivity contribution in [3.63, 3.8) is 0 Å². The molecule has 0 aliphatic heterocycles. The van der Waals surface area contributed by atoms with Crippen LogP contribution in [-0.2, 0) is 10.2 Å². The SMILES string of the molecule is COc1cccc(C2(CNC(=O)CC(C)N)CCCC2)c1. The molecule has 1 amide bonds. The Labute approximate surface area is 127 Å². The number of nitrogens with one attached hydrogen (secondary N) is 1. The number of nitrogens with two attached hydrogens (primary N) is 1. The Morgan fingerprint density at radius 1 is 1.43 bits per heavy atom. The van der Waals surface area contributed by atoms with Gasteiger partial charge >= 0.3 is 0 Å². The van der Waals surface area contributed by atoms with E-state index in [1.807, 2.05) is 19.1 Å². The molecule has 3 N–H and O–H groups in total. The molecule has 0 radical (unpaired) electrons. The molecule has 1 atom stereocenters. The van der Waals surface area contributed by atoms with Crippen LogP contribution in [0.2, 0.25) is 0 Å². The Bertz CT molecular complexity index is 479. The zero-order chi connectivity index (χ0) is 15.3. The molecule has 4 nitrogen and oxygen atoms in total. The standard InChI is InChI=1S/C17H26N2O2/c1-13(18)10-16(20)19-12-17(8-3-4-9-17)14-6-5-7-15(11-14)21-2/h5-7,11,13H,3-4,8-10,12,18H2,1-2H3,(H,19,20). The second-order valence-electron chi connectivity index (χ2n) is 6.18. The van der Waals surface area contributed by atoms with E-state index in [9.17, 15) is 4.79 Å². The van der Waals surface area contributed by atoms with Crippen molar-refractivity contribution in [2.75, 3.05) is 13.7 Å². The third-order valence-electron chi connectivity index (χ3n) is 4.37. The molecule has 2 rings (SSSR count). The monoisotopic (exact) mass is 290 g/mol. The average Bonchev–Trinajstić information content (AvgIpc) is 2.95. The number of benzene rings is 1. The van der Waals surface area contributed by atoms with Crippen molar-refractivity contribution < 1.29 is 9.53 Å². The molecule has 1 aliphatic rings. The second-order valence-corrected chi connectivity index (χ2v) is 6.18. The summed E-state index contributed by atoms with van der Waals surface area (Å²) in [4.78, 5) is 11.9. The van der Waals surface area contributed by atoms with Crippen LogP contribution in [0.4, 0.5) is 0 Å². The number of amides is 1. The summed E-state index contributed by atoms with van der Waals surface area (Å²) in [7, 11) is 1.69. The van der Waals surface area contributed by atoms with Crippen molar-refractivity contribution in [1.82, 2.24) is 5.32 Å². The minimum Gasteiger partial charge on any atom is -0.497 e. The van der Waals surface area contributed by atoms with E-state index in [0.29, 0.717) is 13.0 Å². The van der Waals surface area contributed by atoms with Crippen molar-refractivity contribution in [1.29, 1.82) is 0 Å². The maximum absolute atomic E-state index is 11.9. The Morgan fingerprint density at radius 3 is 2.76 bits per heavy atom. The highest BCUT2D eigenvalue weighted by molar-refractivity contribution is 5.76. The number of ether oxygens (including phenoxy) is 1. The van der Waals surface area contributed by atoms with Crippen molar-refractivity contribution >= 4 is 5.91 Å². The lowest BCUT2D eigenvalue weighted by Gasteiger charge is -2.30. The maximum atomic E-state index is 11.9. The summed E-state index contributed by atoms with van der Waals surface area (Å²) in [6.45, 7) is 2.54. The molecule has 1 aliphatic carbocycles. The third kappa shape index (κ3) is 3.97. The first-order valence-electron chi connectivity index (χ1n) is 7.72. The van der Waals surface area contributed by atoms with Crippen molar-refractivity contribution in [3.05, 3.63) is 29.8 Å². The molecule has 116 valence electrons. The van der Waals surface area contributed by atoms with Crippen molar-refractivity contribution in [3.8, 4) is 5.75 Å². The molecule has 1 aromatic carbocycles. The van der Waals surface area contributed by atoms with Gasteiger partial charge in [0.1, 0.15) is 5.75 Å². The van der Waals surface area contributed by atoms with Gasteiger partial charge in [0.25, 0.3) is 0 Å². The van der Waals surface area contributed by atoms with Crippen LogP contribution >= 0.6 is 0 Å². The number of carbonyl (C=O) groups excluding carboxylic acids is 1. The fourth-order valence-corrected chi connectivity index (χ4v) is 3.20. The van der Waals surface area contributed by atoms with Crippen LogP contribution in [0.1, 0.15) is 44.6 Å². The summed E-state index contributed by atoms with van der Waals surface area (Å²) in [5.41, 5.74) is 6.99. The van der Waals surface area contributed by atoms with Gasteiger partial charge in [-0.3, -0.25) is 4.79 Å². The molecule has 1 aromatic rings. The molecule has 1 unspecified atom stereocenters. The van der Waals surface area contributed by atoms with Gasteiger partial charge in [-0.1, -0.05) is 25.0 Å². The van der Waals surface area contributed by atoms with Crippen LogP contribution in [0, 0.1) is 0 Å². The first kappa shape index (κ1) is 15.8. The first-order chi connectivity index (χ1) is 10.1. The highest BCUT2D eigenvalue weighted by atomic mass is 16.5. The van der Waals surface area contributed by atoms with E-state index < -0.39 is 0 Å². The molecule has 1 fully saturated rings. The van der Waals surface area contributed by atoms with E-state index in [1.54, 1.807) is 7.11 Å². The normalized spacial score (nSPS) is 18.2. The Hall–Kier alpha value is -1.55. The van der Waals surface area contributed by atoms with Crippen molar-refractivity contribution in [2.45, 2.75) is 50.5 Å². The molecule has 1 saturated carbocycles. The molecule has 21 heavy (non-hydrogen) atoms. The summed E-state index contributed by atoms with van der Waals surface area (Å²) in [5, 5.41) is 3.07. The fraction of sp³-hybridized carbons (Fsp3) is 0.588. The van der Waals surface area contributed by atoms with Gasteiger partial charge in [-0.2, -0.15) is 0 Å². The van der Waals surface area contributed by atoms with Crippen LogP contribution in [0.15, 0.2) is 24.3 Å². The lowest BCUT2D eigenvalue weighted by molar-refractivity contribution is -0.121. The predicted octanol–water partition coefficient (Wildman–Crippen LogP) is 2.36. The summed E-state index contributed by atoms with van der Waals surface area (Å²) in [6, 6.07) is 8.13. The van der Waals surface area contributed by atoms with E-state index in [0.717, 1.165) is 18.6 Å². The molecule has 0 heterocycles. The zero-order valence-electron chi connectivity index (χ0n) is 13.0. The molecular weight excluding hydrogens is 264 g/mol. The van der Waals surface area contributed by atoms with Gasteiger partial charge in [0.05, 0.1) is 7.11 Å². The average molecular weight is 290 g/mol.